The van der Waals surface area contributed by atoms with Crippen molar-refractivity contribution in [1.29, 1.82) is 0 Å². The largest absolute Gasteiger partial charge is 0.357 e. The molecule has 0 aromatic carbocycles. The first-order valence-electron chi connectivity index (χ1n) is 9.94. The monoisotopic (exact) mass is 412 g/mol. The number of rotatable bonds is 6. The minimum absolute atomic E-state index is 0.158. The van der Waals surface area contributed by atoms with Crippen molar-refractivity contribution < 1.29 is 8.42 Å². The van der Waals surface area contributed by atoms with Crippen molar-refractivity contribution in [3.8, 4) is 0 Å². The van der Waals surface area contributed by atoms with Crippen molar-refractivity contribution in [3.05, 3.63) is 22.4 Å². The Labute approximate surface area is 167 Å². The standard InChI is InChI=1S/C19H32N4O2S2/c1-3-20-19(21-12-15-8-11-27(24,25)14-15)22-13-16-6-4-9-23(2)18(16)17-7-5-10-26-17/h5,7,10,15-16,18H,3-4,6,8-9,11-14H2,1-2H3,(H2,20,21,22). The SMILES string of the molecule is CCNC(=NCC1CCS(=O)(=O)C1)NCC1CCCN(C)C1c1cccs1. The van der Waals surface area contributed by atoms with Crippen LogP contribution in [0.25, 0.3) is 0 Å². The summed E-state index contributed by atoms with van der Waals surface area (Å²) in [5, 5.41) is 8.98. The van der Waals surface area contributed by atoms with Crippen LogP contribution in [-0.4, -0.2) is 64.0 Å². The molecule has 0 saturated carbocycles. The highest BCUT2D eigenvalue weighted by molar-refractivity contribution is 7.91. The number of nitrogens with one attached hydrogen (secondary N) is 2. The quantitative estimate of drug-likeness (QED) is 0.553. The smallest absolute Gasteiger partial charge is 0.191 e. The maximum absolute atomic E-state index is 11.6. The maximum Gasteiger partial charge on any atom is 0.191 e. The molecule has 3 atom stereocenters. The Hall–Kier alpha value is -1.12. The third kappa shape index (κ3) is 5.68. The lowest BCUT2D eigenvalue weighted by molar-refractivity contribution is 0.125. The van der Waals surface area contributed by atoms with Gasteiger partial charge < -0.3 is 10.6 Å². The first-order valence-corrected chi connectivity index (χ1v) is 12.6. The molecule has 2 aliphatic rings. The van der Waals surface area contributed by atoms with E-state index in [-0.39, 0.29) is 11.7 Å². The summed E-state index contributed by atoms with van der Waals surface area (Å²) in [7, 11) is -0.619. The highest BCUT2D eigenvalue weighted by Crippen LogP contribution is 2.36. The lowest BCUT2D eigenvalue weighted by Gasteiger charge is -2.39. The predicted molar refractivity (Wildman–Crippen MR) is 113 cm³/mol. The van der Waals surface area contributed by atoms with Gasteiger partial charge in [0.05, 0.1) is 11.5 Å². The van der Waals surface area contributed by atoms with Crippen LogP contribution in [0.4, 0.5) is 0 Å². The number of likely N-dealkylation sites (tertiary alicyclic amines) is 1. The van der Waals surface area contributed by atoms with Crippen LogP contribution < -0.4 is 10.6 Å². The first kappa shape index (κ1) is 20.6. The minimum atomic E-state index is -2.84. The zero-order chi connectivity index (χ0) is 19.3. The highest BCUT2D eigenvalue weighted by Gasteiger charge is 2.31. The summed E-state index contributed by atoms with van der Waals surface area (Å²) in [5.74, 6) is 2.10. The second-order valence-corrected chi connectivity index (χ2v) is 10.9. The van der Waals surface area contributed by atoms with E-state index in [0.717, 1.165) is 32.0 Å². The average molecular weight is 413 g/mol. The van der Waals surface area contributed by atoms with Crippen LogP contribution in [0.15, 0.2) is 22.5 Å². The van der Waals surface area contributed by atoms with Crippen molar-refractivity contribution in [3.63, 3.8) is 0 Å². The normalized spacial score (nSPS) is 29.0. The Morgan fingerprint density at radius 3 is 2.89 bits per heavy atom. The molecule has 1 aromatic rings. The predicted octanol–water partition coefficient (Wildman–Crippen LogP) is 2.12. The van der Waals surface area contributed by atoms with E-state index in [1.807, 2.05) is 11.3 Å². The Morgan fingerprint density at radius 2 is 2.22 bits per heavy atom. The number of piperidine rings is 1. The molecule has 2 aliphatic heterocycles. The molecule has 1 aromatic heterocycles. The molecule has 6 nitrogen and oxygen atoms in total. The number of thiophene rings is 1. The van der Waals surface area contributed by atoms with Gasteiger partial charge in [-0.2, -0.15) is 0 Å². The van der Waals surface area contributed by atoms with Crippen LogP contribution >= 0.6 is 11.3 Å². The number of nitrogens with zero attached hydrogens (tertiary/aromatic N) is 2. The average Bonchev–Trinajstić information content (AvgIpc) is 3.27. The zero-order valence-electron chi connectivity index (χ0n) is 16.4. The highest BCUT2D eigenvalue weighted by atomic mass is 32.2. The number of aliphatic imine (C=N–C) groups is 1. The van der Waals surface area contributed by atoms with Gasteiger partial charge in [0.15, 0.2) is 15.8 Å². The molecule has 8 heteroatoms. The van der Waals surface area contributed by atoms with Gasteiger partial charge in [-0.05, 0) is 63.1 Å². The number of guanidine groups is 1. The molecule has 3 heterocycles. The molecule has 2 fully saturated rings. The molecule has 0 amide bonds. The summed E-state index contributed by atoms with van der Waals surface area (Å²) in [6.45, 7) is 5.45. The zero-order valence-corrected chi connectivity index (χ0v) is 18.0. The van der Waals surface area contributed by atoms with Crippen LogP contribution in [0.1, 0.15) is 37.1 Å². The molecule has 3 rings (SSSR count). The molecule has 3 unspecified atom stereocenters. The number of sulfone groups is 1. The van der Waals surface area contributed by atoms with Gasteiger partial charge in [0.1, 0.15) is 0 Å². The molecule has 152 valence electrons. The van der Waals surface area contributed by atoms with Crippen LogP contribution in [0.5, 0.6) is 0 Å². The summed E-state index contributed by atoms with van der Waals surface area (Å²) in [4.78, 5) is 8.57. The number of hydrogen-bond acceptors (Lipinski definition) is 5. The van der Waals surface area contributed by atoms with Gasteiger partial charge in [0.2, 0.25) is 0 Å². The fourth-order valence-corrected chi connectivity index (χ4v) is 7.02. The lowest BCUT2D eigenvalue weighted by Crippen LogP contribution is -2.45. The van der Waals surface area contributed by atoms with Gasteiger partial charge in [-0.15, -0.1) is 11.3 Å². The summed E-state index contributed by atoms with van der Waals surface area (Å²) in [6, 6.07) is 4.83. The van der Waals surface area contributed by atoms with E-state index < -0.39 is 9.84 Å². The van der Waals surface area contributed by atoms with Crippen molar-refractivity contribution in [1.82, 2.24) is 15.5 Å². The van der Waals surface area contributed by atoms with Crippen LogP contribution in [0, 0.1) is 11.8 Å². The van der Waals surface area contributed by atoms with E-state index in [1.165, 1.54) is 17.7 Å². The van der Waals surface area contributed by atoms with Gasteiger partial charge in [0.25, 0.3) is 0 Å². The van der Waals surface area contributed by atoms with Gasteiger partial charge >= 0.3 is 0 Å². The van der Waals surface area contributed by atoms with Crippen LogP contribution in [-0.2, 0) is 9.84 Å². The lowest BCUT2D eigenvalue weighted by atomic mass is 9.88. The van der Waals surface area contributed by atoms with E-state index in [1.54, 1.807) is 0 Å². The molecular formula is C19H32N4O2S2. The van der Waals surface area contributed by atoms with Crippen LogP contribution in [0.2, 0.25) is 0 Å². The number of hydrogen-bond donors (Lipinski definition) is 2. The molecule has 0 radical (unpaired) electrons. The molecule has 27 heavy (non-hydrogen) atoms. The minimum Gasteiger partial charge on any atom is -0.357 e. The van der Waals surface area contributed by atoms with Crippen molar-refractivity contribution in [2.24, 2.45) is 16.8 Å². The first-order chi connectivity index (χ1) is 13.0. The van der Waals surface area contributed by atoms with Crippen LogP contribution in [0.3, 0.4) is 0 Å². The van der Waals surface area contributed by atoms with Crippen molar-refractivity contribution in [2.45, 2.75) is 32.2 Å². The fourth-order valence-electron chi connectivity index (χ4n) is 4.19. The van der Waals surface area contributed by atoms with Gasteiger partial charge in [-0.1, -0.05) is 6.07 Å². The van der Waals surface area contributed by atoms with Gasteiger partial charge in [0, 0.05) is 30.6 Å². The molecule has 0 spiro atoms. The summed E-state index contributed by atoms with van der Waals surface area (Å²) in [6.07, 6.45) is 3.16. The Morgan fingerprint density at radius 1 is 1.37 bits per heavy atom. The van der Waals surface area contributed by atoms with E-state index in [4.69, 9.17) is 0 Å². The molecule has 0 aliphatic carbocycles. The van der Waals surface area contributed by atoms with E-state index in [0.29, 0.717) is 24.3 Å². The second kappa shape index (κ2) is 9.39. The molecule has 0 bridgehead atoms. The molecule has 2 saturated heterocycles. The van der Waals surface area contributed by atoms with Crippen molar-refractivity contribution >= 4 is 27.1 Å². The Kier molecular flexibility index (Phi) is 7.16. The summed E-state index contributed by atoms with van der Waals surface area (Å²) in [5.41, 5.74) is 0. The molecule has 2 N–H and O–H groups in total. The second-order valence-electron chi connectivity index (χ2n) is 7.71. The summed E-state index contributed by atoms with van der Waals surface area (Å²) >= 11 is 1.84. The van der Waals surface area contributed by atoms with Crippen molar-refractivity contribution in [2.75, 3.05) is 44.7 Å². The third-order valence-corrected chi connectivity index (χ3v) is 8.33. The van der Waals surface area contributed by atoms with E-state index in [2.05, 4.69) is 52.0 Å². The molecular weight excluding hydrogens is 380 g/mol. The Bertz CT molecular complexity index is 718. The van der Waals surface area contributed by atoms with E-state index in [9.17, 15) is 8.42 Å². The summed E-state index contributed by atoms with van der Waals surface area (Å²) < 4.78 is 23.3. The van der Waals surface area contributed by atoms with Gasteiger partial charge in [-0.25, -0.2) is 8.42 Å². The Balaban J connectivity index is 1.59. The van der Waals surface area contributed by atoms with Gasteiger partial charge in [-0.3, -0.25) is 9.89 Å². The topological polar surface area (TPSA) is 73.8 Å². The van der Waals surface area contributed by atoms with E-state index >= 15 is 0 Å². The third-order valence-electron chi connectivity index (χ3n) is 5.55. The maximum atomic E-state index is 11.6. The fraction of sp³-hybridized carbons (Fsp3) is 0.737.